The van der Waals surface area contributed by atoms with E-state index in [1.54, 1.807) is 26.0 Å². The topological polar surface area (TPSA) is 97.6 Å². The number of furan rings is 1. The molecule has 0 spiro atoms. The van der Waals surface area contributed by atoms with Gasteiger partial charge in [0.25, 0.3) is 5.91 Å². The zero-order chi connectivity index (χ0) is 15.0. The van der Waals surface area contributed by atoms with Crippen LogP contribution in [0.15, 0.2) is 28.9 Å². The van der Waals surface area contributed by atoms with Crippen LogP contribution in [0.3, 0.4) is 0 Å². The van der Waals surface area contributed by atoms with Gasteiger partial charge in [-0.2, -0.15) is 0 Å². The second-order valence-electron chi connectivity index (χ2n) is 4.13. The average molecular weight is 280 g/mol. The fraction of sp³-hybridized carbons (Fsp3) is 0.308. The summed E-state index contributed by atoms with van der Waals surface area (Å²) in [6, 6.07) is 2.60. The lowest BCUT2D eigenvalue weighted by Crippen LogP contribution is -2.43. The number of nitrogens with one attached hydrogen (secondary N) is 2. The van der Waals surface area contributed by atoms with E-state index in [9.17, 15) is 14.4 Å². The molecule has 1 heterocycles. The van der Waals surface area contributed by atoms with Crippen LogP contribution in [0, 0.1) is 0 Å². The Hall–Kier alpha value is -2.57. The lowest BCUT2D eigenvalue weighted by atomic mass is 10.4. The quantitative estimate of drug-likeness (QED) is 0.621. The van der Waals surface area contributed by atoms with E-state index in [1.165, 1.54) is 12.3 Å². The SMILES string of the molecule is CC(C)NC(=O)NC(=O)COC(=O)C=Cc1ccco1. The van der Waals surface area contributed by atoms with Gasteiger partial charge in [-0.25, -0.2) is 9.59 Å². The smallest absolute Gasteiger partial charge is 0.331 e. The Morgan fingerprint density at radius 1 is 1.40 bits per heavy atom. The number of hydrogen-bond donors (Lipinski definition) is 2. The van der Waals surface area contributed by atoms with Gasteiger partial charge in [0.15, 0.2) is 6.61 Å². The zero-order valence-corrected chi connectivity index (χ0v) is 11.2. The highest BCUT2D eigenvalue weighted by Gasteiger charge is 2.10. The van der Waals surface area contributed by atoms with E-state index in [4.69, 9.17) is 4.42 Å². The van der Waals surface area contributed by atoms with Crippen molar-refractivity contribution in [3.63, 3.8) is 0 Å². The second-order valence-corrected chi connectivity index (χ2v) is 4.13. The largest absolute Gasteiger partial charge is 0.465 e. The van der Waals surface area contributed by atoms with Gasteiger partial charge in [-0.1, -0.05) is 0 Å². The van der Waals surface area contributed by atoms with Crippen molar-refractivity contribution in [3.8, 4) is 0 Å². The van der Waals surface area contributed by atoms with Crippen LogP contribution in [-0.4, -0.2) is 30.6 Å². The van der Waals surface area contributed by atoms with Crippen molar-refractivity contribution in [2.75, 3.05) is 6.61 Å². The predicted octanol–water partition coefficient (Wildman–Crippen LogP) is 1.07. The Bertz CT molecular complexity index is 491. The number of hydrogen-bond acceptors (Lipinski definition) is 5. The average Bonchev–Trinajstić information content (AvgIpc) is 2.85. The summed E-state index contributed by atoms with van der Waals surface area (Å²) in [4.78, 5) is 33.7. The van der Waals surface area contributed by atoms with E-state index in [0.717, 1.165) is 6.08 Å². The molecule has 0 bridgehead atoms. The number of amides is 3. The van der Waals surface area contributed by atoms with E-state index in [2.05, 4.69) is 10.1 Å². The molecule has 1 aromatic heterocycles. The minimum atomic E-state index is -0.708. The summed E-state index contributed by atoms with van der Waals surface area (Å²) in [6.45, 7) is 2.97. The van der Waals surface area contributed by atoms with Crippen molar-refractivity contribution in [1.82, 2.24) is 10.6 Å². The summed E-state index contributed by atoms with van der Waals surface area (Å²) < 4.78 is 9.62. The molecule has 0 saturated heterocycles. The predicted molar refractivity (Wildman–Crippen MR) is 70.5 cm³/mol. The maximum atomic E-state index is 11.3. The summed E-state index contributed by atoms with van der Waals surface area (Å²) in [7, 11) is 0. The lowest BCUT2D eigenvalue weighted by molar-refractivity contribution is -0.143. The van der Waals surface area contributed by atoms with Gasteiger partial charge in [0.05, 0.1) is 6.26 Å². The van der Waals surface area contributed by atoms with Crippen LogP contribution in [-0.2, 0) is 14.3 Å². The third kappa shape index (κ3) is 6.39. The highest BCUT2D eigenvalue weighted by atomic mass is 16.5. The van der Waals surface area contributed by atoms with Crippen LogP contribution in [0.25, 0.3) is 6.08 Å². The molecule has 0 atom stereocenters. The lowest BCUT2D eigenvalue weighted by Gasteiger charge is -2.08. The normalized spacial score (nSPS) is 10.6. The minimum absolute atomic E-state index is 0.0958. The van der Waals surface area contributed by atoms with E-state index in [0.29, 0.717) is 5.76 Å². The molecule has 0 aromatic carbocycles. The molecule has 20 heavy (non-hydrogen) atoms. The van der Waals surface area contributed by atoms with Crippen LogP contribution >= 0.6 is 0 Å². The molecule has 0 radical (unpaired) electrons. The monoisotopic (exact) mass is 280 g/mol. The molecule has 2 N–H and O–H groups in total. The van der Waals surface area contributed by atoms with Crippen molar-refractivity contribution in [2.45, 2.75) is 19.9 Å². The van der Waals surface area contributed by atoms with E-state index in [-0.39, 0.29) is 6.04 Å². The second kappa shape index (κ2) is 7.78. The fourth-order valence-corrected chi connectivity index (χ4v) is 1.18. The molecule has 0 fully saturated rings. The third-order valence-electron chi connectivity index (χ3n) is 1.95. The summed E-state index contributed by atoms with van der Waals surface area (Å²) in [5, 5.41) is 4.49. The highest BCUT2D eigenvalue weighted by Crippen LogP contribution is 2.02. The van der Waals surface area contributed by atoms with Crippen molar-refractivity contribution >= 4 is 24.0 Å². The summed E-state index contributed by atoms with van der Waals surface area (Å²) in [6.07, 6.45) is 4.00. The van der Waals surface area contributed by atoms with Crippen molar-refractivity contribution < 1.29 is 23.5 Å². The van der Waals surface area contributed by atoms with Gasteiger partial charge in [0, 0.05) is 12.1 Å². The Kier molecular flexibility index (Phi) is 6.02. The Balaban J connectivity index is 2.27. The molecule has 108 valence electrons. The summed E-state index contributed by atoms with van der Waals surface area (Å²) >= 11 is 0. The number of urea groups is 1. The van der Waals surface area contributed by atoms with E-state index >= 15 is 0 Å². The molecule has 0 saturated carbocycles. The standard InChI is InChI=1S/C13H16N2O5/c1-9(2)14-13(18)15-11(16)8-20-12(17)6-5-10-4-3-7-19-10/h3-7,9H,8H2,1-2H3,(H2,14,15,16,18). The first-order valence-corrected chi connectivity index (χ1v) is 5.96. The number of carbonyl (C=O) groups excluding carboxylic acids is 3. The molecule has 3 amide bonds. The molecule has 1 aromatic rings. The van der Waals surface area contributed by atoms with E-state index < -0.39 is 24.5 Å². The van der Waals surface area contributed by atoms with Gasteiger partial charge in [0.1, 0.15) is 5.76 Å². The Morgan fingerprint density at radius 2 is 2.15 bits per heavy atom. The molecule has 0 aliphatic carbocycles. The first-order valence-electron chi connectivity index (χ1n) is 5.96. The number of carbonyl (C=O) groups is 3. The molecule has 0 aliphatic rings. The summed E-state index contributed by atoms with van der Waals surface area (Å²) in [5.41, 5.74) is 0. The Labute approximate surface area is 116 Å². The van der Waals surface area contributed by atoms with Crippen LogP contribution < -0.4 is 10.6 Å². The molecular weight excluding hydrogens is 264 g/mol. The van der Waals surface area contributed by atoms with Crippen molar-refractivity contribution in [3.05, 3.63) is 30.2 Å². The number of ether oxygens (including phenoxy) is 1. The van der Waals surface area contributed by atoms with Crippen LogP contribution in [0.5, 0.6) is 0 Å². The molecule has 0 aliphatic heterocycles. The van der Waals surface area contributed by atoms with Gasteiger partial charge in [-0.15, -0.1) is 0 Å². The minimum Gasteiger partial charge on any atom is -0.465 e. The summed E-state index contributed by atoms with van der Waals surface area (Å²) in [5.74, 6) is -0.925. The number of rotatable bonds is 5. The first-order chi connectivity index (χ1) is 9.47. The maximum Gasteiger partial charge on any atom is 0.331 e. The van der Waals surface area contributed by atoms with Gasteiger partial charge < -0.3 is 14.5 Å². The molecule has 1 rings (SSSR count). The molecule has 7 nitrogen and oxygen atoms in total. The maximum absolute atomic E-state index is 11.3. The number of esters is 1. The molecule has 7 heteroatoms. The van der Waals surface area contributed by atoms with Gasteiger partial charge in [-0.3, -0.25) is 10.1 Å². The Morgan fingerprint density at radius 3 is 2.75 bits per heavy atom. The molecule has 0 unspecified atom stereocenters. The first kappa shape index (κ1) is 15.5. The highest BCUT2D eigenvalue weighted by molar-refractivity contribution is 5.96. The van der Waals surface area contributed by atoms with Crippen LogP contribution in [0.1, 0.15) is 19.6 Å². The van der Waals surface area contributed by atoms with E-state index in [1.807, 2.05) is 5.32 Å². The molecular formula is C13H16N2O5. The zero-order valence-electron chi connectivity index (χ0n) is 11.2. The van der Waals surface area contributed by atoms with Gasteiger partial charge in [0.2, 0.25) is 0 Å². The number of imide groups is 1. The van der Waals surface area contributed by atoms with Gasteiger partial charge in [-0.05, 0) is 32.1 Å². The van der Waals surface area contributed by atoms with Crippen LogP contribution in [0.2, 0.25) is 0 Å². The van der Waals surface area contributed by atoms with Gasteiger partial charge >= 0.3 is 12.0 Å². The third-order valence-corrected chi connectivity index (χ3v) is 1.95. The van der Waals surface area contributed by atoms with Crippen molar-refractivity contribution in [2.24, 2.45) is 0 Å². The van der Waals surface area contributed by atoms with Crippen molar-refractivity contribution in [1.29, 1.82) is 0 Å². The van der Waals surface area contributed by atoms with Crippen LogP contribution in [0.4, 0.5) is 4.79 Å². The fourth-order valence-electron chi connectivity index (χ4n) is 1.18.